The van der Waals surface area contributed by atoms with Gasteiger partial charge < -0.3 is 19.9 Å². The average molecular weight is 368 g/mol. The Labute approximate surface area is 152 Å². The molecule has 3 heterocycles. The van der Waals surface area contributed by atoms with Gasteiger partial charge in [0.15, 0.2) is 0 Å². The van der Waals surface area contributed by atoms with Crippen molar-refractivity contribution in [2.45, 2.75) is 50.6 Å². The molecule has 0 aromatic heterocycles. The van der Waals surface area contributed by atoms with E-state index in [1.165, 1.54) is 32.4 Å². The van der Waals surface area contributed by atoms with Gasteiger partial charge in [-0.1, -0.05) is 6.42 Å². The molecule has 136 valence electrons. The number of carbonyl (C=O) groups excluding carboxylic acids is 1. The van der Waals surface area contributed by atoms with Crippen molar-refractivity contribution in [3.05, 3.63) is 0 Å². The zero-order valence-electron chi connectivity index (χ0n) is 13.9. The van der Waals surface area contributed by atoms with E-state index in [4.69, 9.17) is 4.74 Å². The molecule has 0 aromatic rings. The highest BCUT2D eigenvalue weighted by Gasteiger charge is 2.28. The van der Waals surface area contributed by atoms with Gasteiger partial charge in [0.05, 0.1) is 13.2 Å². The number of halogens is 2. The molecule has 0 aliphatic carbocycles. The number of nitrogens with one attached hydrogen (secondary N) is 1. The molecule has 0 radical (unpaired) electrons. The van der Waals surface area contributed by atoms with Gasteiger partial charge in [-0.25, -0.2) is 0 Å². The standard InChI is InChI=1S/C16H29N3O2.2ClH/c20-16(12-14-13-21-11-6-17-14)19-9-4-15(5-10-19)18-7-2-1-3-8-18;;/h14-15,17H,1-13H2;2*1H. The molecule has 5 nitrogen and oxygen atoms in total. The Kier molecular flexibility index (Phi) is 9.78. The third kappa shape index (κ3) is 6.05. The number of likely N-dealkylation sites (tertiary alicyclic amines) is 2. The number of carbonyl (C=O) groups is 1. The van der Waals surface area contributed by atoms with Gasteiger partial charge in [-0.2, -0.15) is 0 Å². The van der Waals surface area contributed by atoms with E-state index in [2.05, 4.69) is 15.1 Å². The molecule has 23 heavy (non-hydrogen) atoms. The second-order valence-corrected chi connectivity index (χ2v) is 6.64. The maximum Gasteiger partial charge on any atom is 0.224 e. The number of amides is 1. The lowest BCUT2D eigenvalue weighted by Crippen LogP contribution is -2.50. The molecule has 1 atom stereocenters. The van der Waals surface area contributed by atoms with Gasteiger partial charge in [0.25, 0.3) is 0 Å². The van der Waals surface area contributed by atoms with Crippen molar-refractivity contribution in [1.29, 1.82) is 0 Å². The highest BCUT2D eigenvalue weighted by Crippen LogP contribution is 2.21. The van der Waals surface area contributed by atoms with Crippen molar-refractivity contribution in [1.82, 2.24) is 15.1 Å². The largest absolute Gasteiger partial charge is 0.378 e. The van der Waals surface area contributed by atoms with Crippen molar-refractivity contribution in [2.75, 3.05) is 45.9 Å². The summed E-state index contributed by atoms with van der Waals surface area (Å²) in [7, 11) is 0. The van der Waals surface area contributed by atoms with Crippen molar-refractivity contribution in [3.8, 4) is 0 Å². The van der Waals surface area contributed by atoms with E-state index in [0.717, 1.165) is 39.1 Å². The molecular weight excluding hydrogens is 337 g/mol. The Bertz CT molecular complexity index is 340. The number of hydrogen-bond acceptors (Lipinski definition) is 4. The van der Waals surface area contributed by atoms with E-state index in [0.29, 0.717) is 25.0 Å². The molecule has 1 amide bonds. The van der Waals surface area contributed by atoms with Crippen LogP contribution in [0.3, 0.4) is 0 Å². The van der Waals surface area contributed by atoms with Gasteiger partial charge in [0, 0.05) is 38.1 Å². The van der Waals surface area contributed by atoms with Crippen LogP contribution in [0.5, 0.6) is 0 Å². The Balaban J connectivity index is 0.00000132. The van der Waals surface area contributed by atoms with E-state index in [-0.39, 0.29) is 30.9 Å². The summed E-state index contributed by atoms with van der Waals surface area (Å²) in [5.41, 5.74) is 0. The van der Waals surface area contributed by atoms with Gasteiger partial charge in [-0.05, 0) is 38.8 Å². The van der Waals surface area contributed by atoms with Crippen LogP contribution in [0, 0.1) is 0 Å². The zero-order chi connectivity index (χ0) is 14.5. The quantitative estimate of drug-likeness (QED) is 0.824. The fraction of sp³-hybridized carbons (Fsp3) is 0.938. The Morgan fingerprint density at radius 2 is 1.74 bits per heavy atom. The first-order valence-electron chi connectivity index (χ1n) is 8.66. The number of ether oxygens (including phenoxy) is 1. The fourth-order valence-corrected chi connectivity index (χ4v) is 3.85. The van der Waals surface area contributed by atoms with Crippen LogP contribution in [0.2, 0.25) is 0 Å². The van der Waals surface area contributed by atoms with E-state index < -0.39 is 0 Å². The molecule has 3 fully saturated rings. The molecule has 0 saturated carbocycles. The van der Waals surface area contributed by atoms with E-state index in [1.807, 2.05) is 0 Å². The van der Waals surface area contributed by atoms with E-state index >= 15 is 0 Å². The summed E-state index contributed by atoms with van der Waals surface area (Å²) < 4.78 is 5.43. The number of rotatable bonds is 3. The predicted octanol–water partition coefficient (Wildman–Crippen LogP) is 1.69. The van der Waals surface area contributed by atoms with Gasteiger partial charge in [0.1, 0.15) is 0 Å². The lowest BCUT2D eigenvalue weighted by atomic mass is 9.99. The maximum absolute atomic E-state index is 12.4. The second-order valence-electron chi connectivity index (χ2n) is 6.64. The predicted molar refractivity (Wildman–Crippen MR) is 96.7 cm³/mol. The second kappa shape index (κ2) is 10.7. The lowest BCUT2D eigenvalue weighted by Gasteiger charge is -2.40. The van der Waals surface area contributed by atoms with Crippen LogP contribution in [-0.2, 0) is 9.53 Å². The van der Waals surface area contributed by atoms with Crippen molar-refractivity contribution < 1.29 is 9.53 Å². The van der Waals surface area contributed by atoms with E-state index in [1.54, 1.807) is 0 Å². The molecule has 0 spiro atoms. The van der Waals surface area contributed by atoms with Crippen LogP contribution in [-0.4, -0.2) is 73.7 Å². The van der Waals surface area contributed by atoms with Gasteiger partial charge >= 0.3 is 0 Å². The summed E-state index contributed by atoms with van der Waals surface area (Å²) in [6, 6.07) is 0.927. The fourth-order valence-electron chi connectivity index (χ4n) is 3.85. The minimum atomic E-state index is 0. The summed E-state index contributed by atoms with van der Waals surface area (Å²) >= 11 is 0. The highest BCUT2D eigenvalue weighted by atomic mass is 35.5. The molecule has 1 unspecified atom stereocenters. The number of hydrogen-bond donors (Lipinski definition) is 1. The normalized spacial score (nSPS) is 27.0. The molecule has 1 N–H and O–H groups in total. The maximum atomic E-state index is 12.4. The Hall–Kier alpha value is -0.0700. The SMILES string of the molecule is Cl.Cl.O=C(CC1COCCN1)N1CCC(N2CCCCC2)CC1. The smallest absolute Gasteiger partial charge is 0.224 e. The molecule has 3 rings (SSSR count). The van der Waals surface area contributed by atoms with Crippen molar-refractivity contribution in [2.24, 2.45) is 0 Å². The minimum Gasteiger partial charge on any atom is -0.378 e. The van der Waals surface area contributed by atoms with Crippen LogP contribution in [0.4, 0.5) is 0 Å². The molecule has 3 saturated heterocycles. The molecular formula is C16H31Cl2N3O2. The first-order valence-corrected chi connectivity index (χ1v) is 8.66. The summed E-state index contributed by atoms with van der Waals surface area (Å²) in [4.78, 5) is 17.1. The first kappa shape index (κ1) is 21.0. The minimum absolute atomic E-state index is 0. The van der Waals surface area contributed by atoms with Crippen LogP contribution in [0.1, 0.15) is 38.5 Å². The van der Waals surface area contributed by atoms with Gasteiger partial charge in [-0.15, -0.1) is 24.8 Å². The van der Waals surface area contributed by atoms with Crippen LogP contribution >= 0.6 is 24.8 Å². The lowest BCUT2D eigenvalue weighted by molar-refractivity contribution is -0.134. The van der Waals surface area contributed by atoms with Gasteiger partial charge in [-0.3, -0.25) is 4.79 Å². The monoisotopic (exact) mass is 367 g/mol. The van der Waals surface area contributed by atoms with Gasteiger partial charge in [0.2, 0.25) is 5.91 Å². The third-order valence-electron chi connectivity index (χ3n) is 5.14. The molecule has 3 aliphatic rings. The highest BCUT2D eigenvalue weighted by molar-refractivity contribution is 5.85. The summed E-state index contributed by atoms with van der Waals surface area (Å²) in [6.45, 7) is 6.72. The van der Waals surface area contributed by atoms with Crippen LogP contribution in [0.25, 0.3) is 0 Å². The zero-order valence-corrected chi connectivity index (χ0v) is 15.5. The Morgan fingerprint density at radius 1 is 1.04 bits per heavy atom. The Morgan fingerprint density at radius 3 is 2.35 bits per heavy atom. The molecule has 0 bridgehead atoms. The number of piperidine rings is 2. The summed E-state index contributed by atoms with van der Waals surface area (Å²) in [5, 5.41) is 3.37. The topological polar surface area (TPSA) is 44.8 Å². The first-order chi connectivity index (χ1) is 10.3. The van der Waals surface area contributed by atoms with E-state index in [9.17, 15) is 4.79 Å². The summed E-state index contributed by atoms with van der Waals surface area (Å²) in [5.74, 6) is 0.301. The van der Waals surface area contributed by atoms with Crippen LogP contribution < -0.4 is 5.32 Å². The number of nitrogens with zero attached hydrogens (tertiary/aromatic N) is 2. The molecule has 7 heteroatoms. The third-order valence-corrected chi connectivity index (χ3v) is 5.14. The average Bonchev–Trinajstić information content (AvgIpc) is 2.57. The molecule has 3 aliphatic heterocycles. The number of morpholine rings is 1. The van der Waals surface area contributed by atoms with Crippen LogP contribution in [0.15, 0.2) is 0 Å². The molecule has 0 aromatic carbocycles. The summed E-state index contributed by atoms with van der Waals surface area (Å²) in [6.07, 6.45) is 7.00. The van der Waals surface area contributed by atoms with Crippen molar-refractivity contribution >= 4 is 30.7 Å². The van der Waals surface area contributed by atoms with Crippen molar-refractivity contribution in [3.63, 3.8) is 0 Å².